The van der Waals surface area contributed by atoms with Gasteiger partial charge in [-0.2, -0.15) is 5.10 Å². The van der Waals surface area contributed by atoms with Crippen molar-refractivity contribution in [2.24, 2.45) is 0 Å². The lowest BCUT2D eigenvalue weighted by atomic mass is 9.99. The fourth-order valence-corrected chi connectivity index (χ4v) is 5.68. The van der Waals surface area contributed by atoms with E-state index in [1.807, 2.05) is 60.7 Å². The number of nitrogens with zero attached hydrogens (tertiary/aromatic N) is 4. The van der Waals surface area contributed by atoms with Crippen molar-refractivity contribution in [3.63, 3.8) is 0 Å². The average Bonchev–Trinajstić information content (AvgIpc) is 3.49. The minimum atomic E-state index is -0.284. The number of aromatic nitrogens is 3. The summed E-state index contributed by atoms with van der Waals surface area (Å²) in [6.45, 7) is 8.70. The number of aryl methyl sites for hydroxylation is 4. The highest BCUT2D eigenvalue weighted by Gasteiger charge is 2.36. The van der Waals surface area contributed by atoms with Crippen LogP contribution in [-0.2, 0) is 13.0 Å². The van der Waals surface area contributed by atoms with Gasteiger partial charge in [-0.15, -0.1) is 0 Å². The van der Waals surface area contributed by atoms with Gasteiger partial charge in [0.15, 0.2) is 0 Å². The Kier molecular flexibility index (Phi) is 6.31. The molecule has 6 rings (SSSR count). The summed E-state index contributed by atoms with van der Waals surface area (Å²) in [6.07, 6.45) is 3.04. The molecule has 0 aliphatic carbocycles. The normalized spacial score (nSPS) is 14.5. The van der Waals surface area contributed by atoms with E-state index in [2.05, 4.69) is 77.6 Å². The highest BCUT2D eigenvalue weighted by atomic mass is 16.2. The van der Waals surface area contributed by atoms with Crippen LogP contribution in [0.4, 0.5) is 10.5 Å². The van der Waals surface area contributed by atoms with Gasteiger partial charge in [0.25, 0.3) is 0 Å². The average molecular weight is 516 g/mol. The molecule has 3 aromatic carbocycles. The number of urea groups is 1. The van der Waals surface area contributed by atoms with Crippen LogP contribution in [-0.4, -0.2) is 25.3 Å². The minimum absolute atomic E-state index is 0.142. The third-order valence-electron chi connectivity index (χ3n) is 7.52. The van der Waals surface area contributed by atoms with Crippen molar-refractivity contribution in [1.29, 1.82) is 0 Å². The zero-order chi connectivity index (χ0) is 27.1. The fourth-order valence-electron chi connectivity index (χ4n) is 5.68. The van der Waals surface area contributed by atoms with Gasteiger partial charge < -0.3 is 14.8 Å². The molecule has 39 heavy (non-hydrogen) atoms. The van der Waals surface area contributed by atoms with Crippen LogP contribution in [0, 0.1) is 20.8 Å². The maximum Gasteiger partial charge on any atom is 0.322 e. The smallest absolute Gasteiger partial charge is 0.308 e. The zero-order valence-corrected chi connectivity index (χ0v) is 22.8. The number of fused-ring (bicyclic) bond motifs is 3. The predicted octanol–water partition coefficient (Wildman–Crippen LogP) is 7.29. The summed E-state index contributed by atoms with van der Waals surface area (Å²) in [5, 5.41) is 8.15. The first-order valence-electron chi connectivity index (χ1n) is 13.5. The van der Waals surface area contributed by atoms with E-state index in [0.29, 0.717) is 6.54 Å². The molecule has 1 aliphatic heterocycles. The maximum absolute atomic E-state index is 14.2. The van der Waals surface area contributed by atoms with Crippen molar-refractivity contribution in [3.8, 4) is 11.5 Å². The molecule has 0 radical (unpaired) electrons. The molecule has 0 fully saturated rings. The molecule has 5 aromatic rings. The number of benzene rings is 3. The standard InChI is InChI=1S/C33H33N5O/c1-5-25-13-15-26(16-14-25)31-30-12-9-17-36(30)32-29(24(4)35-38(32)28-10-7-6-8-11-28)21-37(31)33(39)34-27-19-22(2)18-23(3)20-27/h6-20,31H,5,21H2,1-4H3,(H,34,39)/t31-/m1/s1. The molecule has 6 nitrogen and oxygen atoms in total. The Balaban J connectivity index is 1.52. The fraction of sp³-hybridized carbons (Fsp3) is 0.212. The van der Waals surface area contributed by atoms with Gasteiger partial charge in [-0.3, -0.25) is 0 Å². The second-order valence-electron chi connectivity index (χ2n) is 10.4. The SMILES string of the molecule is CCc1ccc([C@@H]2c3cccn3-c3c(c(C)nn3-c3ccccc3)CN2C(=O)Nc2cc(C)cc(C)c2)cc1. The predicted molar refractivity (Wildman–Crippen MR) is 156 cm³/mol. The van der Waals surface area contributed by atoms with E-state index in [1.165, 1.54) is 5.56 Å². The monoisotopic (exact) mass is 515 g/mol. The molecule has 196 valence electrons. The molecule has 6 heteroatoms. The molecule has 1 N–H and O–H groups in total. The molecule has 0 unspecified atom stereocenters. The molecule has 0 saturated heterocycles. The Labute approximate surface area is 229 Å². The Morgan fingerprint density at radius 2 is 1.64 bits per heavy atom. The molecule has 3 heterocycles. The lowest BCUT2D eigenvalue weighted by molar-refractivity contribution is 0.194. The van der Waals surface area contributed by atoms with Crippen molar-refractivity contribution in [1.82, 2.24) is 19.2 Å². The summed E-state index contributed by atoms with van der Waals surface area (Å²) >= 11 is 0. The van der Waals surface area contributed by atoms with E-state index in [-0.39, 0.29) is 12.1 Å². The zero-order valence-electron chi connectivity index (χ0n) is 22.8. The van der Waals surface area contributed by atoms with Crippen molar-refractivity contribution < 1.29 is 4.79 Å². The van der Waals surface area contributed by atoms with Crippen LogP contribution in [0.25, 0.3) is 11.5 Å². The second-order valence-corrected chi connectivity index (χ2v) is 10.4. The van der Waals surface area contributed by atoms with E-state index in [4.69, 9.17) is 5.10 Å². The van der Waals surface area contributed by atoms with Gasteiger partial charge in [-0.05, 0) is 85.8 Å². The summed E-state index contributed by atoms with van der Waals surface area (Å²) in [5.41, 5.74) is 9.31. The highest BCUT2D eigenvalue weighted by Crippen LogP contribution is 2.39. The first kappa shape index (κ1) is 24.7. The first-order valence-corrected chi connectivity index (χ1v) is 13.5. The first-order chi connectivity index (χ1) is 18.9. The van der Waals surface area contributed by atoms with Crippen molar-refractivity contribution >= 4 is 11.7 Å². The number of nitrogens with one attached hydrogen (secondary N) is 1. The molecule has 0 spiro atoms. The number of amides is 2. The molecule has 0 saturated carbocycles. The Hall–Kier alpha value is -4.58. The number of para-hydroxylation sites is 1. The van der Waals surface area contributed by atoms with Crippen LogP contribution in [0.1, 0.15) is 52.2 Å². The van der Waals surface area contributed by atoms with Crippen molar-refractivity contribution in [2.75, 3.05) is 5.32 Å². The van der Waals surface area contributed by atoms with Gasteiger partial charge in [0.1, 0.15) is 5.82 Å². The molecule has 1 atom stereocenters. The number of carbonyl (C=O) groups excluding carboxylic acids is 1. The van der Waals surface area contributed by atoms with Crippen molar-refractivity contribution in [3.05, 3.63) is 130 Å². The molecular weight excluding hydrogens is 482 g/mol. The topological polar surface area (TPSA) is 55.1 Å². The van der Waals surface area contributed by atoms with Gasteiger partial charge >= 0.3 is 6.03 Å². The molecule has 0 bridgehead atoms. The molecule has 2 amide bonds. The van der Waals surface area contributed by atoms with Crippen LogP contribution < -0.4 is 5.32 Å². The lowest BCUT2D eigenvalue weighted by Gasteiger charge is -2.31. The maximum atomic E-state index is 14.2. The van der Waals surface area contributed by atoms with Crippen LogP contribution >= 0.6 is 0 Å². The number of hydrogen-bond acceptors (Lipinski definition) is 2. The largest absolute Gasteiger partial charge is 0.322 e. The van der Waals surface area contributed by atoms with Gasteiger partial charge in [-0.1, -0.05) is 55.5 Å². The van der Waals surface area contributed by atoms with E-state index in [9.17, 15) is 4.79 Å². The van der Waals surface area contributed by atoms with Crippen LogP contribution in [0.5, 0.6) is 0 Å². The number of carbonyl (C=O) groups is 1. The molecule has 1 aliphatic rings. The number of anilines is 1. The van der Waals surface area contributed by atoms with E-state index in [0.717, 1.165) is 57.3 Å². The molecule has 2 aromatic heterocycles. The third-order valence-corrected chi connectivity index (χ3v) is 7.52. The van der Waals surface area contributed by atoms with Crippen molar-refractivity contribution in [2.45, 2.75) is 46.7 Å². The van der Waals surface area contributed by atoms with Crippen LogP contribution in [0.2, 0.25) is 0 Å². The van der Waals surface area contributed by atoms with Crippen LogP contribution in [0.15, 0.2) is 91.1 Å². The summed E-state index contributed by atoms with van der Waals surface area (Å²) < 4.78 is 4.20. The Morgan fingerprint density at radius 1 is 0.923 bits per heavy atom. The lowest BCUT2D eigenvalue weighted by Crippen LogP contribution is -2.38. The number of rotatable bonds is 4. The Morgan fingerprint density at radius 3 is 2.33 bits per heavy atom. The van der Waals surface area contributed by atoms with E-state index in [1.54, 1.807) is 0 Å². The second kappa shape index (κ2) is 9.95. The van der Waals surface area contributed by atoms with Gasteiger partial charge in [0.2, 0.25) is 0 Å². The summed E-state index contributed by atoms with van der Waals surface area (Å²) in [5.74, 6) is 0.968. The number of hydrogen-bond donors (Lipinski definition) is 1. The van der Waals surface area contributed by atoms with E-state index >= 15 is 0 Å². The van der Waals surface area contributed by atoms with Gasteiger partial charge in [0, 0.05) is 17.4 Å². The third kappa shape index (κ3) is 4.52. The summed E-state index contributed by atoms with van der Waals surface area (Å²) in [7, 11) is 0. The highest BCUT2D eigenvalue weighted by molar-refractivity contribution is 5.90. The summed E-state index contributed by atoms with van der Waals surface area (Å²) in [6, 6.07) is 28.7. The summed E-state index contributed by atoms with van der Waals surface area (Å²) in [4.78, 5) is 16.1. The quantitative estimate of drug-likeness (QED) is 0.273. The van der Waals surface area contributed by atoms with Gasteiger partial charge in [0.05, 0.1) is 29.7 Å². The van der Waals surface area contributed by atoms with Gasteiger partial charge in [-0.25, -0.2) is 9.48 Å². The van der Waals surface area contributed by atoms with Crippen LogP contribution in [0.3, 0.4) is 0 Å². The van der Waals surface area contributed by atoms with E-state index < -0.39 is 0 Å². The minimum Gasteiger partial charge on any atom is -0.308 e. The molecular formula is C33H33N5O. The Bertz CT molecular complexity index is 1630.